The molecule has 0 aliphatic heterocycles. The Labute approximate surface area is 85.1 Å². The molecule has 0 saturated heterocycles. The molecule has 2 N–H and O–H groups in total. The largest absolute Gasteiger partial charge is 0.479 e. The molecule has 15 heavy (non-hydrogen) atoms. The van der Waals surface area contributed by atoms with Crippen LogP contribution in [0.15, 0.2) is 16.5 Å². The summed E-state index contributed by atoms with van der Waals surface area (Å²) in [5.41, 5.74) is 0. The first-order valence-electron chi connectivity index (χ1n) is 4.12. The molecule has 1 atom stereocenters. The molecule has 1 heterocycles. The molecule has 1 aromatic heterocycles. The topological polar surface area (TPSA) is 97.0 Å². The maximum atomic E-state index is 11.0. The van der Waals surface area contributed by atoms with Crippen LogP contribution in [0.1, 0.15) is 16.3 Å². The number of carboxylic acid groups (broad SMARTS) is 1. The Morgan fingerprint density at radius 2 is 2.20 bits per heavy atom. The molecule has 0 aliphatic carbocycles. The van der Waals surface area contributed by atoms with Gasteiger partial charge in [0.2, 0.25) is 5.76 Å². The van der Waals surface area contributed by atoms with Gasteiger partial charge in [0.15, 0.2) is 6.10 Å². The third-order valence-electron chi connectivity index (χ3n) is 1.73. The van der Waals surface area contributed by atoms with E-state index in [0.29, 0.717) is 0 Å². The molecule has 6 heteroatoms. The number of methoxy groups -OCH3 is 1. The van der Waals surface area contributed by atoms with Crippen LogP contribution in [0.2, 0.25) is 0 Å². The fraction of sp³-hybridized carbons (Fsp3) is 0.333. The van der Waals surface area contributed by atoms with Gasteiger partial charge < -0.3 is 19.4 Å². The summed E-state index contributed by atoms with van der Waals surface area (Å²) in [4.78, 5) is 21.3. The molecule has 0 saturated carbocycles. The summed E-state index contributed by atoms with van der Waals surface area (Å²) in [6.45, 7) is 0. The molecular weight excluding hydrogens is 204 g/mol. The maximum absolute atomic E-state index is 11.0. The summed E-state index contributed by atoms with van der Waals surface area (Å²) in [6, 6.07) is 2.77. The van der Waals surface area contributed by atoms with Gasteiger partial charge in [0, 0.05) is 6.42 Å². The van der Waals surface area contributed by atoms with Gasteiger partial charge in [-0.2, -0.15) is 0 Å². The number of furan rings is 1. The average molecular weight is 214 g/mol. The molecular formula is C9H10O6. The van der Waals surface area contributed by atoms with Gasteiger partial charge in [0.1, 0.15) is 5.76 Å². The molecule has 1 unspecified atom stereocenters. The summed E-state index contributed by atoms with van der Waals surface area (Å²) in [5.74, 6) is -1.80. The zero-order valence-corrected chi connectivity index (χ0v) is 7.97. The summed E-state index contributed by atoms with van der Waals surface area (Å²) < 4.78 is 9.35. The second kappa shape index (κ2) is 4.61. The third kappa shape index (κ3) is 2.81. The molecule has 0 aliphatic rings. The highest BCUT2D eigenvalue weighted by molar-refractivity contribution is 5.86. The SMILES string of the molecule is COC(=O)c1ccc(CC(O)C(=O)O)o1. The van der Waals surface area contributed by atoms with E-state index in [4.69, 9.17) is 14.6 Å². The lowest BCUT2D eigenvalue weighted by atomic mass is 10.2. The van der Waals surface area contributed by atoms with Crippen molar-refractivity contribution in [3.05, 3.63) is 23.7 Å². The number of aliphatic hydroxyl groups excluding tert-OH is 1. The van der Waals surface area contributed by atoms with Crippen LogP contribution in [0, 0.1) is 0 Å². The number of rotatable bonds is 4. The third-order valence-corrected chi connectivity index (χ3v) is 1.73. The van der Waals surface area contributed by atoms with Crippen molar-refractivity contribution < 1.29 is 29.0 Å². The highest BCUT2D eigenvalue weighted by Gasteiger charge is 2.17. The number of carbonyl (C=O) groups excluding carboxylic acids is 1. The number of ether oxygens (including phenoxy) is 1. The van der Waals surface area contributed by atoms with Crippen LogP contribution in [0.25, 0.3) is 0 Å². The minimum absolute atomic E-state index is 0.0231. The van der Waals surface area contributed by atoms with Crippen molar-refractivity contribution in [2.75, 3.05) is 7.11 Å². The molecule has 1 aromatic rings. The normalized spacial score (nSPS) is 12.1. The molecule has 0 fully saturated rings. The van der Waals surface area contributed by atoms with Crippen molar-refractivity contribution in [3.63, 3.8) is 0 Å². The van der Waals surface area contributed by atoms with Crippen molar-refractivity contribution in [3.8, 4) is 0 Å². The highest BCUT2D eigenvalue weighted by atomic mass is 16.5. The lowest BCUT2D eigenvalue weighted by molar-refractivity contribution is -0.146. The van der Waals surface area contributed by atoms with E-state index in [0.717, 1.165) is 0 Å². The van der Waals surface area contributed by atoms with Crippen molar-refractivity contribution in [1.82, 2.24) is 0 Å². The Bertz CT molecular complexity index is 366. The van der Waals surface area contributed by atoms with E-state index in [-0.39, 0.29) is 17.9 Å². The second-order valence-electron chi connectivity index (χ2n) is 2.82. The van der Waals surface area contributed by atoms with Crippen molar-refractivity contribution in [2.24, 2.45) is 0 Å². The van der Waals surface area contributed by atoms with Gasteiger partial charge in [-0.1, -0.05) is 0 Å². The van der Waals surface area contributed by atoms with Crippen LogP contribution < -0.4 is 0 Å². The summed E-state index contributed by atoms with van der Waals surface area (Å²) in [5, 5.41) is 17.4. The fourth-order valence-corrected chi connectivity index (χ4v) is 0.976. The number of hydrogen-bond acceptors (Lipinski definition) is 5. The Balaban J connectivity index is 2.68. The standard InChI is InChI=1S/C9H10O6/c1-14-9(13)7-3-2-5(15-7)4-6(10)8(11)12/h2-3,6,10H,4H2,1H3,(H,11,12). The Kier molecular flexibility index (Phi) is 3.46. The zero-order chi connectivity index (χ0) is 11.4. The minimum Gasteiger partial charge on any atom is -0.479 e. The molecule has 82 valence electrons. The number of aliphatic hydroxyl groups is 1. The number of carboxylic acids is 1. The first-order valence-corrected chi connectivity index (χ1v) is 4.12. The second-order valence-corrected chi connectivity index (χ2v) is 2.82. The first-order chi connectivity index (χ1) is 7.04. The number of hydrogen-bond donors (Lipinski definition) is 2. The van der Waals surface area contributed by atoms with Crippen molar-refractivity contribution in [1.29, 1.82) is 0 Å². The van der Waals surface area contributed by atoms with Crippen LogP contribution in [0.4, 0.5) is 0 Å². The van der Waals surface area contributed by atoms with Crippen molar-refractivity contribution in [2.45, 2.75) is 12.5 Å². The number of esters is 1. The predicted octanol–water partition coefficient (Wildman–Crippen LogP) is 0.0542. The van der Waals surface area contributed by atoms with E-state index in [9.17, 15) is 9.59 Å². The molecule has 0 amide bonds. The summed E-state index contributed by atoms with van der Waals surface area (Å²) in [7, 11) is 1.20. The van der Waals surface area contributed by atoms with Crippen LogP contribution in [0.5, 0.6) is 0 Å². The molecule has 1 rings (SSSR count). The summed E-state index contributed by atoms with van der Waals surface area (Å²) >= 11 is 0. The summed E-state index contributed by atoms with van der Waals surface area (Å²) in [6.07, 6.45) is -1.73. The molecule has 6 nitrogen and oxygen atoms in total. The first kappa shape index (κ1) is 11.3. The Morgan fingerprint density at radius 3 is 2.73 bits per heavy atom. The molecule has 0 radical (unpaired) electrons. The van der Waals surface area contributed by atoms with Crippen molar-refractivity contribution >= 4 is 11.9 Å². The Morgan fingerprint density at radius 1 is 1.53 bits per heavy atom. The van der Waals surface area contributed by atoms with Gasteiger partial charge in [0.25, 0.3) is 0 Å². The quantitative estimate of drug-likeness (QED) is 0.687. The van der Waals surface area contributed by atoms with E-state index in [1.807, 2.05) is 0 Å². The lowest BCUT2D eigenvalue weighted by Crippen LogP contribution is -2.21. The van der Waals surface area contributed by atoms with Gasteiger partial charge in [-0.3, -0.25) is 0 Å². The van der Waals surface area contributed by atoms with E-state index < -0.39 is 18.0 Å². The van der Waals surface area contributed by atoms with E-state index >= 15 is 0 Å². The van der Waals surface area contributed by atoms with Crippen LogP contribution >= 0.6 is 0 Å². The fourth-order valence-electron chi connectivity index (χ4n) is 0.976. The van der Waals surface area contributed by atoms with Gasteiger partial charge in [-0.15, -0.1) is 0 Å². The average Bonchev–Trinajstić information content (AvgIpc) is 2.65. The predicted molar refractivity (Wildman–Crippen MR) is 47.4 cm³/mol. The van der Waals surface area contributed by atoms with Gasteiger partial charge in [-0.05, 0) is 12.1 Å². The number of aliphatic carboxylic acids is 1. The number of carbonyl (C=O) groups is 2. The minimum atomic E-state index is -1.54. The van der Waals surface area contributed by atoms with E-state index in [1.165, 1.54) is 19.2 Å². The molecule has 0 bridgehead atoms. The van der Waals surface area contributed by atoms with Crippen LogP contribution in [-0.2, 0) is 16.0 Å². The zero-order valence-electron chi connectivity index (χ0n) is 7.97. The maximum Gasteiger partial charge on any atom is 0.373 e. The smallest absolute Gasteiger partial charge is 0.373 e. The monoisotopic (exact) mass is 214 g/mol. The molecule has 0 aromatic carbocycles. The van der Waals surface area contributed by atoms with Gasteiger partial charge in [-0.25, -0.2) is 9.59 Å². The van der Waals surface area contributed by atoms with Gasteiger partial charge >= 0.3 is 11.9 Å². The van der Waals surface area contributed by atoms with E-state index in [1.54, 1.807) is 0 Å². The van der Waals surface area contributed by atoms with Gasteiger partial charge in [0.05, 0.1) is 7.11 Å². The van der Waals surface area contributed by atoms with Crippen LogP contribution in [0.3, 0.4) is 0 Å². The molecule has 0 spiro atoms. The van der Waals surface area contributed by atoms with Crippen LogP contribution in [-0.4, -0.2) is 35.4 Å². The van der Waals surface area contributed by atoms with E-state index in [2.05, 4.69) is 4.74 Å². The Hall–Kier alpha value is -1.82. The highest BCUT2D eigenvalue weighted by Crippen LogP contribution is 2.11. The lowest BCUT2D eigenvalue weighted by Gasteiger charge is -2.01.